The lowest BCUT2D eigenvalue weighted by Gasteiger charge is -2.27. The van der Waals surface area contributed by atoms with Gasteiger partial charge in [-0.05, 0) is 42.0 Å². The number of hydrogen-bond acceptors (Lipinski definition) is 5. The predicted octanol–water partition coefficient (Wildman–Crippen LogP) is 4.94. The Labute approximate surface area is 199 Å². The van der Waals surface area contributed by atoms with Crippen LogP contribution in [0.4, 0.5) is 0 Å². The average Bonchev–Trinajstić information content (AvgIpc) is 3.30. The van der Waals surface area contributed by atoms with E-state index in [2.05, 4.69) is 53.9 Å². The van der Waals surface area contributed by atoms with Gasteiger partial charge in [-0.25, -0.2) is 9.97 Å². The molecule has 33 heavy (non-hydrogen) atoms. The summed E-state index contributed by atoms with van der Waals surface area (Å²) >= 11 is 1.59. The number of aromatic nitrogens is 2. The van der Waals surface area contributed by atoms with Crippen LogP contribution in [0.1, 0.15) is 67.1 Å². The summed E-state index contributed by atoms with van der Waals surface area (Å²) in [7, 11) is 1.55. The van der Waals surface area contributed by atoms with E-state index in [4.69, 9.17) is 11.1 Å². The van der Waals surface area contributed by atoms with Gasteiger partial charge in [0.1, 0.15) is 12.0 Å². The molecule has 0 bridgehead atoms. The van der Waals surface area contributed by atoms with Crippen molar-refractivity contribution >= 4 is 23.2 Å². The maximum Gasteiger partial charge on any atom is 0.237 e. The summed E-state index contributed by atoms with van der Waals surface area (Å²) in [5, 5.41) is 9.79. The highest BCUT2D eigenvalue weighted by Crippen LogP contribution is 2.39. The largest absolute Gasteiger partial charge is 0.370 e. The zero-order chi connectivity index (χ0) is 24.1. The average molecular weight is 460 g/mol. The topological polar surface area (TPSA) is 96.0 Å². The number of guanidine groups is 1. The van der Waals surface area contributed by atoms with E-state index in [1.54, 1.807) is 25.3 Å². The summed E-state index contributed by atoms with van der Waals surface area (Å²) in [6.07, 6.45) is 1.51. The van der Waals surface area contributed by atoms with E-state index < -0.39 is 5.92 Å². The molecule has 2 aromatic heterocycles. The van der Waals surface area contributed by atoms with Crippen molar-refractivity contribution in [3.8, 4) is 23.1 Å². The molecule has 3 rings (SSSR count). The minimum Gasteiger partial charge on any atom is -0.370 e. The molecule has 2 heterocycles. The highest BCUT2D eigenvalue weighted by Gasteiger charge is 2.32. The number of rotatable bonds is 6. The Morgan fingerprint density at radius 3 is 2.39 bits per heavy atom. The van der Waals surface area contributed by atoms with E-state index in [1.165, 1.54) is 16.8 Å². The number of amides is 1. The molecule has 170 valence electrons. The lowest BCUT2D eigenvalue weighted by atomic mass is 9.84. The van der Waals surface area contributed by atoms with Crippen molar-refractivity contribution in [2.45, 2.75) is 45.4 Å². The number of nitrogens with zero attached hydrogens (tertiary/aromatic N) is 3. The highest BCUT2D eigenvalue weighted by molar-refractivity contribution is 7.10. The monoisotopic (exact) mass is 459 g/mol. The van der Waals surface area contributed by atoms with Gasteiger partial charge in [-0.1, -0.05) is 51.0 Å². The Bertz CT molecular complexity index is 1200. The summed E-state index contributed by atoms with van der Waals surface area (Å²) in [5.41, 5.74) is 10.2. The van der Waals surface area contributed by atoms with Crippen molar-refractivity contribution in [3.63, 3.8) is 0 Å². The fourth-order valence-electron chi connectivity index (χ4n) is 3.66. The highest BCUT2D eigenvalue weighted by atomic mass is 32.1. The molecule has 7 heteroatoms. The second kappa shape index (κ2) is 10.4. The van der Waals surface area contributed by atoms with Gasteiger partial charge in [-0.15, -0.1) is 11.3 Å². The number of thiophene rings is 1. The molecule has 0 unspecified atom stereocenters. The van der Waals surface area contributed by atoms with Crippen LogP contribution in [-0.2, 0) is 4.79 Å². The van der Waals surface area contributed by atoms with Gasteiger partial charge in [-0.3, -0.25) is 15.1 Å². The Hall–Kier alpha value is -3.50. The zero-order valence-corrected chi connectivity index (χ0v) is 20.4. The van der Waals surface area contributed by atoms with Gasteiger partial charge in [0.25, 0.3) is 0 Å². The molecule has 0 saturated heterocycles. The number of nitrogens with one attached hydrogen (secondary N) is 1. The summed E-state index contributed by atoms with van der Waals surface area (Å²) in [5.74, 6) is 5.14. The van der Waals surface area contributed by atoms with Gasteiger partial charge in [0.05, 0.1) is 11.6 Å². The number of carbonyl (C=O) groups is 1. The van der Waals surface area contributed by atoms with Crippen LogP contribution in [0.5, 0.6) is 0 Å². The summed E-state index contributed by atoms with van der Waals surface area (Å²) in [6, 6.07) is 12.1. The lowest BCUT2D eigenvalue weighted by Crippen LogP contribution is -2.41. The predicted molar refractivity (Wildman–Crippen MR) is 134 cm³/mol. The van der Waals surface area contributed by atoms with Crippen molar-refractivity contribution in [1.29, 1.82) is 5.41 Å². The van der Waals surface area contributed by atoms with Crippen LogP contribution in [0.3, 0.4) is 0 Å². The van der Waals surface area contributed by atoms with E-state index in [1.807, 2.05) is 30.5 Å². The number of nitrogens with two attached hydrogens (primary N) is 1. The third-order valence-electron chi connectivity index (χ3n) is 5.70. The van der Waals surface area contributed by atoms with Crippen LogP contribution in [0.15, 0.2) is 48.1 Å². The number of carbonyl (C=O) groups excluding carboxylic acids is 1. The maximum atomic E-state index is 13.4. The minimum atomic E-state index is -0.474. The molecule has 0 saturated carbocycles. The zero-order valence-electron chi connectivity index (χ0n) is 19.6. The van der Waals surface area contributed by atoms with E-state index in [-0.39, 0.29) is 17.8 Å². The van der Waals surface area contributed by atoms with Crippen molar-refractivity contribution in [1.82, 2.24) is 14.9 Å². The van der Waals surface area contributed by atoms with E-state index in [0.29, 0.717) is 11.6 Å². The number of likely N-dealkylation sites (N-methyl/N-ethyl adjacent to an activating group) is 1. The third-order valence-corrected chi connectivity index (χ3v) is 6.84. The normalized spacial score (nSPS) is 12.5. The molecule has 0 aliphatic carbocycles. The molecule has 0 aliphatic heterocycles. The van der Waals surface area contributed by atoms with Gasteiger partial charge in [0.2, 0.25) is 5.91 Å². The first-order valence-electron chi connectivity index (χ1n) is 10.8. The van der Waals surface area contributed by atoms with Gasteiger partial charge in [0, 0.05) is 28.8 Å². The smallest absolute Gasteiger partial charge is 0.237 e. The molecule has 1 aromatic carbocycles. The molecule has 3 aromatic rings. The molecule has 6 nitrogen and oxygen atoms in total. The van der Waals surface area contributed by atoms with Crippen LogP contribution < -0.4 is 5.73 Å². The lowest BCUT2D eigenvalue weighted by molar-refractivity contribution is -0.128. The molecule has 0 fully saturated rings. The summed E-state index contributed by atoms with van der Waals surface area (Å²) < 4.78 is 0. The first-order valence-corrected chi connectivity index (χ1v) is 11.7. The van der Waals surface area contributed by atoms with E-state index in [0.717, 1.165) is 21.7 Å². The van der Waals surface area contributed by atoms with E-state index in [9.17, 15) is 4.79 Å². The molecule has 0 aliphatic rings. The maximum absolute atomic E-state index is 13.4. The second-order valence-electron chi connectivity index (χ2n) is 8.27. The third kappa shape index (κ3) is 5.47. The molecule has 3 N–H and O–H groups in total. The van der Waals surface area contributed by atoms with Gasteiger partial charge in [-0.2, -0.15) is 0 Å². The Morgan fingerprint density at radius 2 is 1.79 bits per heavy atom. The fraction of sp³-hybridized carbons (Fsp3) is 0.308. The van der Waals surface area contributed by atoms with Crippen LogP contribution in [0, 0.1) is 17.3 Å². The van der Waals surface area contributed by atoms with Gasteiger partial charge in [0.15, 0.2) is 5.96 Å². The van der Waals surface area contributed by atoms with Crippen molar-refractivity contribution in [3.05, 3.63) is 69.8 Å². The Morgan fingerprint density at radius 1 is 1.12 bits per heavy atom. The number of benzene rings is 1. The van der Waals surface area contributed by atoms with Crippen molar-refractivity contribution in [2.24, 2.45) is 5.73 Å². The standard InChI is InChI=1S/C26H29N5OS/c1-6-7-21-13-22(30-15-29-21)20-12-23(33-14-20)17(4)24(25(32)31(5)26(27)28)19-10-8-18(9-11-19)16(2)3/h8-17,24H,1-5H3,(H3,27,28)/t17-,24-/m0/s1. The van der Waals surface area contributed by atoms with Crippen LogP contribution in [0.25, 0.3) is 11.3 Å². The number of hydrogen-bond donors (Lipinski definition) is 2. The Balaban J connectivity index is 1.98. The van der Waals surface area contributed by atoms with Crippen molar-refractivity contribution < 1.29 is 4.79 Å². The molecular formula is C26H29N5OS. The van der Waals surface area contributed by atoms with Gasteiger partial charge >= 0.3 is 0 Å². The molecular weight excluding hydrogens is 430 g/mol. The molecule has 0 radical (unpaired) electrons. The quantitative estimate of drug-likeness (QED) is 0.310. The second-order valence-corrected chi connectivity index (χ2v) is 9.21. The molecule has 0 spiro atoms. The first-order chi connectivity index (χ1) is 15.7. The van der Waals surface area contributed by atoms with E-state index >= 15 is 0 Å². The van der Waals surface area contributed by atoms with Crippen LogP contribution >= 0.6 is 11.3 Å². The SMILES string of the molecule is CC#Cc1cc(-c2csc([C@H](C)[C@H](C(=O)N(C)C(=N)N)c3ccc(C(C)C)cc3)c2)ncn1. The molecule has 2 atom stereocenters. The first kappa shape index (κ1) is 24.1. The van der Waals surface area contributed by atoms with Crippen LogP contribution in [-0.4, -0.2) is 33.8 Å². The fourth-order valence-corrected chi connectivity index (χ4v) is 4.66. The van der Waals surface area contributed by atoms with Gasteiger partial charge < -0.3 is 5.73 Å². The van der Waals surface area contributed by atoms with Crippen molar-refractivity contribution in [2.75, 3.05) is 7.05 Å². The molecule has 1 amide bonds. The minimum absolute atomic E-state index is 0.125. The summed E-state index contributed by atoms with van der Waals surface area (Å²) in [6.45, 7) is 8.09. The summed E-state index contributed by atoms with van der Waals surface area (Å²) in [4.78, 5) is 24.2. The van der Waals surface area contributed by atoms with Crippen LogP contribution in [0.2, 0.25) is 0 Å². The Kier molecular flexibility index (Phi) is 7.62.